The SMILES string of the molecule is N#CCCn1cc(-c2cnc3ncc(Cc4cccc5cccnc45)n3n2)cn1. The van der Waals surface area contributed by atoms with E-state index in [2.05, 4.69) is 44.3 Å². The number of rotatable bonds is 5. The topological polar surface area (TPSA) is 97.6 Å². The van der Waals surface area contributed by atoms with Crippen LogP contribution in [-0.2, 0) is 13.0 Å². The number of pyridine rings is 1. The third kappa shape index (κ3) is 3.19. The number of aromatic nitrogens is 7. The number of nitriles is 1. The largest absolute Gasteiger partial charge is 0.271 e. The minimum atomic E-state index is 0.413. The van der Waals surface area contributed by atoms with E-state index in [-0.39, 0.29) is 0 Å². The first-order valence-corrected chi connectivity index (χ1v) is 9.24. The maximum Gasteiger partial charge on any atom is 0.250 e. The van der Waals surface area contributed by atoms with Crippen LogP contribution in [0, 0.1) is 11.3 Å². The summed E-state index contributed by atoms with van der Waals surface area (Å²) in [6.07, 6.45) is 9.97. The van der Waals surface area contributed by atoms with Gasteiger partial charge in [0.25, 0.3) is 5.78 Å². The van der Waals surface area contributed by atoms with Gasteiger partial charge in [-0.2, -0.15) is 15.5 Å². The number of hydrogen-bond acceptors (Lipinski definition) is 6. The zero-order valence-electron chi connectivity index (χ0n) is 15.5. The summed E-state index contributed by atoms with van der Waals surface area (Å²) in [6, 6.07) is 12.3. The first-order valence-electron chi connectivity index (χ1n) is 9.24. The van der Waals surface area contributed by atoms with Crippen LogP contribution in [0.1, 0.15) is 17.7 Å². The zero-order chi connectivity index (χ0) is 19.6. The van der Waals surface area contributed by atoms with Crippen LogP contribution in [0.5, 0.6) is 0 Å². The first-order chi connectivity index (χ1) is 14.3. The number of benzene rings is 1. The van der Waals surface area contributed by atoms with E-state index in [0.717, 1.165) is 27.7 Å². The Morgan fingerprint density at radius 2 is 1.90 bits per heavy atom. The van der Waals surface area contributed by atoms with Gasteiger partial charge in [0, 0.05) is 29.8 Å². The minimum Gasteiger partial charge on any atom is -0.271 e. The Morgan fingerprint density at radius 3 is 2.83 bits per heavy atom. The molecule has 0 aliphatic heterocycles. The monoisotopic (exact) mass is 380 g/mol. The Balaban J connectivity index is 1.51. The zero-order valence-corrected chi connectivity index (χ0v) is 15.5. The molecule has 0 atom stereocenters. The molecule has 0 aliphatic carbocycles. The maximum absolute atomic E-state index is 8.74. The van der Waals surface area contributed by atoms with Crippen LogP contribution in [0.2, 0.25) is 0 Å². The van der Waals surface area contributed by atoms with Crippen LogP contribution < -0.4 is 0 Å². The van der Waals surface area contributed by atoms with E-state index in [9.17, 15) is 0 Å². The lowest BCUT2D eigenvalue weighted by atomic mass is 10.1. The second kappa shape index (κ2) is 7.13. The summed E-state index contributed by atoms with van der Waals surface area (Å²) in [7, 11) is 0. The normalized spacial score (nSPS) is 11.1. The van der Waals surface area contributed by atoms with Crippen molar-refractivity contribution < 1.29 is 0 Å². The van der Waals surface area contributed by atoms with E-state index in [1.54, 1.807) is 27.8 Å². The smallest absolute Gasteiger partial charge is 0.250 e. The second-order valence-corrected chi connectivity index (χ2v) is 6.67. The van der Waals surface area contributed by atoms with Gasteiger partial charge < -0.3 is 0 Å². The van der Waals surface area contributed by atoms with Gasteiger partial charge in [-0.05, 0) is 11.6 Å². The molecular weight excluding hydrogens is 364 g/mol. The summed E-state index contributed by atoms with van der Waals surface area (Å²) in [6.45, 7) is 0.552. The molecule has 4 heterocycles. The van der Waals surface area contributed by atoms with Crippen molar-refractivity contribution in [3.63, 3.8) is 0 Å². The molecule has 0 unspecified atom stereocenters. The molecule has 0 saturated heterocycles. The summed E-state index contributed by atoms with van der Waals surface area (Å²) in [5, 5.41) is 18.9. The molecule has 0 aliphatic rings. The van der Waals surface area contributed by atoms with Crippen LogP contribution in [0.3, 0.4) is 0 Å². The van der Waals surface area contributed by atoms with Crippen LogP contribution in [0.4, 0.5) is 0 Å². The quantitative estimate of drug-likeness (QED) is 0.465. The molecule has 0 fully saturated rings. The van der Waals surface area contributed by atoms with E-state index in [1.807, 2.05) is 24.5 Å². The number of para-hydroxylation sites is 1. The Hall–Kier alpha value is -4.12. The molecule has 29 heavy (non-hydrogen) atoms. The lowest BCUT2D eigenvalue weighted by Gasteiger charge is -2.06. The van der Waals surface area contributed by atoms with E-state index in [4.69, 9.17) is 10.4 Å². The standard InChI is InChI=1S/C21H16N8/c22-7-3-9-28-14-17(11-26-28)19-13-25-21-24-12-18(29(21)27-19)10-16-5-1-4-15-6-2-8-23-20(15)16/h1-2,4-6,8,11-14H,3,9-10H2. The van der Waals surface area contributed by atoms with Gasteiger partial charge in [0.15, 0.2) is 0 Å². The number of nitrogens with zero attached hydrogens (tertiary/aromatic N) is 8. The third-order valence-corrected chi connectivity index (χ3v) is 4.77. The Bertz CT molecular complexity index is 1350. The number of fused-ring (bicyclic) bond motifs is 2. The number of hydrogen-bond donors (Lipinski definition) is 0. The summed E-state index contributed by atoms with van der Waals surface area (Å²) in [5.41, 5.74) is 4.58. The van der Waals surface area contributed by atoms with Crippen molar-refractivity contribution in [3.8, 4) is 17.3 Å². The average Bonchev–Trinajstić information content (AvgIpc) is 3.39. The van der Waals surface area contributed by atoms with Crippen LogP contribution >= 0.6 is 0 Å². The van der Waals surface area contributed by atoms with Gasteiger partial charge in [0.2, 0.25) is 0 Å². The number of aryl methyl sites for hydroxylation is 1. The minimum absolute atomic E-state index is 0.413. The van der Waals surface area contributed by atoms with Gasteiger partial charge >= 0.3 is 0 Å². The van der Waals surface area contributed by atoms with Gasteiger partial charge in [-0.1, -0.05) is 24.3 Å². The Kier molecular flexibility index (Phi) is 4.18. The van der Waals surface area contributed by atoms with Crippen molar-refractivity contribution in [2.45, 2.75) is 19.4 Å². The van der Waals surface area contributed by atoms with Crippen molar-refractivity contribution in [1.29, 1.82) is 5.26 Å². The van der Waals surface area contributed by atoms with Crippen molar-refractivity contribution >= 4 is 16.7 Å². The van der Waals surface area contributed by atoms with Crippen molar-refractivity contribution in [2.75, 3.05) is 0 Å². The van der Waals surface area contributed by atoms with Crippen molar-refractivity contribution in [2.24, 2.45) is 0 Å². The molecule has 0 amide bonds. The van der Waals surface area contributed by atoms with Crippen LogP contribution in [0.15, 0.2) is 61.3 Å². The second-order valence-electron chi connectivity index (χ2n) is 6.67. The van der Waals surface area contributed by atoms with E-state index >= 15 is 0 Å². The molecule has 8 heteroatoms. The summed E-state index contributed by atoms with van der Waals surface area (Å²) < 4.78 is 3.50. The Morgan fingerprint density at radius 1 is 1.00 bits per heavy atom. The summed E-state index contributed by atoms with van der Waals surface area (Å²) in [4.78, 5) is 13.4. The van der Waals surface area contributed by atoms with Crippen molar-refractivity contribution in [3.05, 3.63) is 72.6 Å². The molecule has 140 valence electrons. The molecule has 4 aromatic heterocycles. The fourth-order valence-corrected chi connectivity index (χ4v) is 3.36. The molecule has 8 nitrogen and oxygen atoms in total. The molecular formula is C21H16N8. The predicted octanol–water partition coefficient (Wildman–Crippen LogP) is 3.04. The Labute approximate surface area is 166 Å². The predicted molar refractivity (Wildman–Crippen MR) is 107 cm³/mol. The van der Waals surface area contributed by atoms with Gasteiger partial charge in [-0.15, -0.1) is 0 Å². The van der Waals surface area contributed by atoms with Gasteiger partial charge in [0.05, 0.1) is 48.8 Å². The lowest BCUT2D eigenvalue weighted by Crippen LogP contribution is -2.02. The molecule has 0 radical (unpaired) electrons. The van der Waals surface area contributed by atoms with Gasteiger partial charge in [-0.3, -0.25) is 9.67 Å². The summed E-state index contributed by atoms with van der Waals surface area (Å²) in [5.74, 6) is 0.550. The van der Waals surface area contributed by atoms with Gasteiger partial charge in [0.1, 0.15) is 5.69 Å². The fraction of sp³-hybridized carbons (Fsp3) is 0.143. The third-order valence-electron chi connectivity index (χ3n) is 4.77. The molecule has 5 rings (SSSR count). The molecule has 5 aromatic rings. The average molecular weight is 380 g/mol. The molecule has 0 spiro atoms. The van der Waals surface area contributed by atoms with E-state index in [0.29, 0.717) is 30.9 Å². The van der Waals surface area contributed by atoms with E-state index in [1.165, 1.54) is 0 Å². The van der Waals surface area contributed by atoms with Crippen LogP contribution in [0.25, 0.3) is 27.9 Å². The highest BCUT2D eigenvalue weighted by atomic mass is 15.3. The van der Waals surface area contributed by atoms with E-state index < -0.39 is 0 Å². The molecule has 0 bridgehead atoms. The highest BCUT2D eigenvalue weighted by Gasteiger charge is 2.12. The molecule has 0 N–H and O–H groups in total. The maximum atomic E-state index is 8.74. The molecule has 1 aromatic carbocycles. The number of imidazole rings is 1. The van der Waals surface area contributed by atoms with Crippen molar-refractivity contribution in [1.82, 2.24) is 34.3 Å². The molecule has 0 saturated carbocycles. The highest BCUT2D eigenvalue weighted by molar-refractivity contribution is 5.81. The highest BCUT2D eigenvalue weighted by Crippen LogP contribution is 2.20. The van der Waals surface area contributed by atoms with Gasteiger partial charge in [-0.25, -0.2) is 14.5 Å². The summed E-state index contributed by atoms with van der Waals surface area (Å²) >= 11 is 0. The first kappa shape index (κ1) is 17.0. The fourth-order valence-electron chi connectivity index (χ4n) is 3.36. The lowest BCUT2D eigenvalue weighted by molar-refractivity contribution is 0.628. The van der Waals surface area contributed by atoms with Crippen LogP contribution in [-0.4, -0.2) is 34.3 Å².